The van der Waals surface area contributed by atoms with E-state index in [1.54, 1.807) is 13.4 Å². The van der Waals surface area contributed by atoms with Gasteiger partial charge >= 0.3 is 0 Å². The van der Waals surface area contributed by atoms with Crippen molar-refractivity contribution in [3.05, 3.63) is 30.2 Å². The Labute approximate surface area is 94.6 Å². The van der Waals surface area contributed by atoms with Gasteiger partial charge in [-0.2, -0.15) is 0 Å². The van der Waals surface area contributed by atoms with Crippen LogP contribution in [0.4, 0.5) is 0 Å². The van der Waals surface area contributed by atoms with Crippen molar-refractivity contribution in [2.45, 2.75) is 20.0 Å². The molecule has 0 fully saturated rings. The van der Waals surface area contributed by atoms with Crippen LogP contribution < -0.4 is 4.74 Å². The Morgan fingerprint density at radius 2 is 2.00 bits per heavy atom. The zero-order valence-corrected chi connectivity index (χ0v) is 9.73. The lowest BCUT2D eigenvalue weighted by Crippen LogP contribution is -2.04. The third kappa shape index (κ3) is 1.67. The van der Waals surface area contributed by atoms with Crippen molar-refractivity contribution in [2.24, 2.45) is 5.92 Å². The Kier molecular flexibility index (Phi) is 2.88. The van der Waals surface area contributed by atoms with Gasteiger partial charge in [-0.25, -0.2) is 0 Å². The molecule has 1 unspecified atom stereocenters. The van der Waals surface area contributed by atoms with Gasteiger partial charge in [0.2, 0.25) is 0 Å². The van der Waals surface area contributed by atoms with E-state index in [1.807, 2.05) is 32.0 Å². The van der Waals surface area contributed by atoms with E-state index in [1.165, 1.54) is 0 Å². The fourth-order valence-corrected chi connectivity index (χ4v) is 1.78. The standard InChI is InChI=1S/C13H16O3/c1-8(2)12(14)13-9-5-4-6-11(15-3)10(9)7-16-13/h4-8,12,14H,1-3H3. The molecule has 1 N–H and O–H groups in total. The van der Waals surface area contributed by atoms with Gasteiger partial charge in [-0.05, 0) is 12.0 Å². The molecule has 0 radical (unpaired) electrons. The molecule has 1 aromatic heterocycles. The minimum atomic E-state index is -0.579. The lowest BCUT2D eigenvalue weighted by atomic mass is 10.0. The van der Waals surface area contributed by atoms with Gasteiger partial charge in [0.05, 0.1) is 12.5 Å². The molecule has 1 aromatic carbocycles. The summed E-state index contributed by atoms with van der Waals surface area (Å²) < 4.78 is 10.7. The zero-order chi connectivity index (χ0) is 11.7. The highest BCUT2D eigenvalue weighted by Crippen LogP contribution is 2.34. The van der Waals surface area contributed by atoms with Gasteiger partial charge in [-0.1, -0.05) is 26.0 Å². The smallest absolute Gasteiger partial charge is 0.140 e. The summed E-state index contributed by atoms with van der Waals surface area (Å²) in [6, 6.07) is 5.71. The first-order valence-electron chi connectivity index (χ1n) is 5.37. The summed E-state index contributed by atoms with van der Waals surface area (Å²) in [6.45, 7) is 3.92. The summed E-state index contributed by atoms with van der Waals surface area (Å²) in [5.41, 5.74) is 0. The summed E-state index contributed by atoms with van der Waals surface area (Å²) >= 11 is 0. The van der Waals surface area contributed by atoms with Crippen molar-refractivity contribution in [3.8, 4) is 5.75 Å². The number of benzene rings is 1. The first kappa shape index (κ1) is 11.0. The van der Waals surface area contributed by atoms with Gasteiger partial charge in [0.1, 0.15) is 23.9 Å². The van der Waals surface area contributed by atoms with E-state index in [0.29, 0.717) is 5.76 Å². The number of hydrogen-bond donors (Lipinski definition) is 1. The molecule has 3 heteroatoms. The highest BCUT2D eigenvalue weighted by molar-refractivity contribution is 5.89. The van der Waals surface area contributed by atoms with E-state index in [2.05, 4.69) is 0 Å². The molecule has 0 aliphatic carbocycles. The summed E-state index contributed by atoms with van der Waals surface area (Å²) in [7, 11) is 1.63. The predicted octanol–water partition coefficient (Wildman–Crippen LogP) is 3.13. The van der Waals surface area contributed by atoms with Crippen molar-refractivity contribution < 1.29 is 14.3 Å². The third-order valence-corrected chi connectivity index (χ3v) is 2.76. The van der Waals surface area contributed by atoms with Crippen molar-refractivity contribution in [3.63, 3.8) is 0 Å². The maximum absolute atomic E-state index is 10.0. The van der Waals surface area contributed by atoms with Gasteiger partial charge in [0.15, 0.2) is 0 Å². The fourth-order valence-electron chi connectivity index (χ4n) is 1.78. The lowest BCUT2D eigenvalue weighted by Gasteiger charge is -2.11. The number of ether oxygens (including phenoxy) is 1. The Balaban J connectivity index is 2.57. The number of methoxy groups -OCH3 is 1. The van der Waals surface area contributed by atoms with Crippen LogP contribution in [0.1, 0.15) is 25.7 Å². The molecule has 2 aromatic rings. The van der Waals surface area contributed by atoms with Gasteiger partial charge < -0.3 is 14.3 Å². The second-order valence-corrected chi connectivity index (χ2v) is 4.21. The van der Waals surface area contributed by atoms with E-state index in [-0.39, 0.29) is 5.92 Å². The average Bonchev–Trinajstić information content (AvgIpc) is 2.71. The maximum Gasteiger partial charge on any atom is 0.140 e. The molecule has 0 bridgehead atoms. The molecule has 0 spiro atoms. The van der Waals surface area contributed by atoms with Crippen LogP contribution in [0.25, 0.3) is 10.8 Å². The topological polar surface area (TPSA) is 42.6 Å². The Morgan fingerprint density at radius 3 is 2.62 bits per heavy atom. The monoisotopic (exact) mass is 220 g/mol. The minimum absolute atomic E-state index is 0.126. The first-order chi connectivity index (χ1) is 7.65. The molecular formula is C13H16O3. The van der Waals surface area contributed by atoms with E-state index < -0.39 is 6.10 Å². The molecule has 3 nitrogen and oxygen atoms in total. The molecule has 0 aliphatic rings. The van der Waals surface area contributed by atoms with Crippen LogP contribution in [-0.2, 0) is 0 Å². The summed E-state index contributed by atoms with van der Waals surface area (Å²) in [5.74, 6) is 1.51. The second kappa shape index (κ2) is 4.18. The van der Waals surface area contributed by atoms with Crippen LogP contribution in [0.3, 0.4) is 0 Å². The number of fused-ring (bicyclic) bond motifs is 1. The van der Waals surface area contributed by atoms with Crippen molar-refractivity contribution in [2.75, 3.05) is 7.11 Å². The van der Waals surface area contributed by atoms with Crippen molar-refractivity contribution in [1.29, 1.82) is 0 Å². The van der Waals surface area contributed by atoms with Crippen LogP contribution in [0.5, 0.6) is 5.75 Å². The van der Waals surface area contributed by atoms with Crippen molar-refractivity contribution >= 4 is 10.8 Å². The quantitative estimate of drug-likeness (QED) is 0.864. The Bertz CT molecular complexity index is 485. The summed E-state index contributed by atoms with van der Waals surface area (Å²) in [4.78, 5) is 0. The number of aliphatic hydroxyl groups excluding tert-OH is 1. The van der Waals surface area contributed by atoms with Crippen LogP contribution in [0.15, 0.2) is 28.9 Å². The minimum Gasteiger partial charge on any atom is -0.496 e. The molecule has 0 aliphatic heterocycles. The maximum atomic E-state index is 10.0. The number of rotatable bonds is 3. The Hall–Kier alpha value is -1.48. The molecule has 1 atom stereocenters. The number of hydrogen-bond acceptors (Lipinski definition) is 3. The molecule has 86 valence electrons. The molecule has 1 heterocycles. The highest BCUT2D eigenvalue weighted by atomic mass is 16.5. The second-order valence-electron chi connectivity index (χ2n) is 4.21. The van der Waals surface area contributed by atoms with E-state index in [0.717, 1.165) is 16.5 Å². The largest absolute Gasteiger partial charge is 0.496 e. The van der Waals surface area contributed by atoms with Crippen LogP contribution >= 0.6 is 0 Å². The Morgan fingerprint density at radius 1 is 1.25 bits per heavy atom. The molecular weight excluding hydrogens is 204 g/mol. The summed E-state index contributed by atoms with van der Waals surface area (Å²) in [6.07, 6.45) is 1.05. The predicted molar refractivity (Wildman–Crippen MR) is 62.6 cm³/mol. The fraction of sp³-hybridized carbons (Fsp3) is 0.385. The molecule has 2 rings (SSSR count). The molecule has 0 amide bonds. The van der Waals surface area contributed by atoms with Crippen LogP contribution in [0, 0.1) is 5.92 Å². The van der Waals surface area contributed by atoms with E-state index in [9.17, 15) is 5.11 Å². The average molecular weight is 220 g/mol. The van der Waals surface area contributed by atoms with Gasteiger partial charge in [-0.3, -0.25) is 0 Å². The highest BCUT2D eigenvalue weighted by Gasteiger charge is 2.19. The SMILES string of the molecule is COc1cccc2c(C(O)C(C)C)occ12. The lowest BCUT2D eigenvalue weighted by molar-refractivity contribution is 0.104. The van der Waals surface area contributed by atoms with Gasteiger partial charge in [-0.15, -0.1) is 0 Å². The molecule has 0 saturated carbocycles. The first-order valence-corrected chi connectivity index (χ1v) is 5.37. The zero-order valence-electron chi connectivity index (χ0n) is 9.73. The van der Waals surface area contributed by atoms with Gasteiger partial charge in [0, 0.05) is 5.39 Å². The van der Waals surface area contributed by atoms with Crippen LogP contribution in [0.2, 0.25) is 0 Å². The normalized spacial score (nSPS) is 13.3. The number of aliphatic hydroxyl groups is 1. The molecule has 16 heavy (non-hydrogen) atoms. The van der Waals surface area contributed by atoms with E-state index in [4.69, 9.17) is 9.15 Å². The van der Waals surface area contributed by atoms with E-state index >= 15 is 0 Å². The van der Waals surface area contributed by atoms with Gasteiger partial charge in [0.25, 0.3) is 0 Å². The van der Waals surface area contributed by atoms with Crippen LogP contribution in [-0.4, -0.2) is 12.2 Å². The third-order valence-electron chi connectivity index (χ3n) is 2.76. The molecule has 0 saturated heterocycles. The summed E-state index contributed by atoms with van der Waals surface area (Å²) in [5, 5.41) is 11.8. The number of furan rings is 1. The van der Waals surface area contributed by atoms with Crippen molar-refractivity contribution in [1.82, 2.24) is 0 Å².